The number of likely N-dealkylation sites (tertiary alicyclic amines) is 1. The minimum Gasteiger partial charge on any atom is -0.338 e. The molecule has 3 aromatic rings. The highest BCUT2D eigenvalue weighted by Gasteiger charge is 2.19. The van der Waals surface area contributed by atoms with Gasteiger partial charge in [-0.05, 0) is 35.7 Å². The maximum absolute atomic E-state index is 13.5. The van der Waals surface area contributed by atoms with Gasteiger partial charge in [0.15, 0.2) is 0 Å². The molecule has 0 radical (unpaired) electrons. The molecule has 1 aromatic heterocycles. The summed E-state index contributed by atoms with van der Waals surface area (Å²) in [7, 11) is 0. The van der Waals surface area contributed by atoms with E-state index < -0.39 is 0 Å². The third-order valence-corrected chi connectivity index (χ3v) is 4.65. The van der Waals surface area contributed by atoms with Crippen molar-refractivity contribution in [3.8, 4) is 0 Å². The predicted octanol–water partition coefficient (Wildman–Crippen LogP) is 2.64. The summed E-state index contributed by atoms with van der Waals surface area (Å²) in [6, 6.07) is 12.1. The summed E-state index contributed by atoms with van der Waals surface area (Å²) < 4.78 is 15.0. The van der Waals surface area contributed by atoms with E-state index in [-0.39, 0.29) is 17.4 Å². The second kappa shape index (κ2) is 6.20. The highest BCUT2D eigenvalue weighted by molar-refractivity contribution is 5.78. The fourth-order valence-corrected chi connectivity index (χ4v) is 3.31. The second-order valence-electron chi connectivity index (χ2n) is 6.41. The van der Waals surface area contributed by atoms with Crippen LogP contribution in [0.3, 0.4) is 0 Å². The Morgan fingerprint density at radius 3 is 2.40 bits per heavy atom. The number of fused-ring (bicyclic) bond motifs is 1. The number of nitrogens with zero attached hydrogens (tertiary/aromatic N) is 2. The number of aromatic nitrogens is 2. The molecular weight excluding hydrogens is 321 g/mol. The fraction of sp³-hybridized carbons (Fsp3) is 0.263. The Hall–Kier alpha value is -2.89. The van der Waals surface area contributed by atoms with Gasteiger partial charge in [-0.1, -0.05) is 24.3 Å². The Balaban J connectivity index is 1.55. The lowest BCUT2D eigenvalue weighted by Crippen LogP contribution is -2.23. The van der Waals surface area contributed by atoms with Gasteiger partial charge in [-0.2, -0.15) is 0 Å². The maximum atomic E-state index is 13.5. The molecule has 1 aliphatic rings. The molecule has 1 N–H and O–H groups in total. The number of amides is 1. The number of rotatable bonds is 4. The van der Waals surface area contributed by atoms with Crippen LogP contribution in [-0.4, -0.2) is 26.9 Å². The Morgan fingerprint density at radius 2 is 1.72 bits per heavy atom. The zero-order valence-electron chi connectivity index (χ0n) is 13.7. The molecule has 2 heterocycles. The number of hydrogen-bond acceptors (Lipinski definition) is 2. The molecule has 0 unspecified atom stereocenters. The Kier molecular flexibility index (Phi) is 3.87. The maximum Gasteiger partial charge on any atom is 0.326 e. The molecule has 0 aliphatic carbocycles. The van der Waals surface area contributed by atoms with Gasteiger partial charge in [0.1, 0.15) is 5.82 Å². The van der Waals surface area contributed by atoms with E-state index in [1.54, 1.807) is 6.07 Å². The monoisotopic (exact) mass is 339 g/mol. The van der Waals surface area contributed by atoms with Crippen LogP contribution in [0.4, 0.5) is 4.39 Å². The van der Waals surface area contributed by atoms with Gasteiger partial charge in [0, 0.05) is 19.5 Å². The van der Waals surface area contributed by atoms with Crippen molar-refractivity contribution in [1.29, 1.82) is 0 Å². The zero-order chi connectivity index (χ0) is 17.4. The van der Waals surface area contributed by atoms with Crippen LogP contribution in [0.25, 0.3) is 11.0 Å². The summed E-state index contributed by atoms with van der Waals surface area (Å²) >= 11 is 0. The lowest BCUT2D eigenvalue weighted by molar-refractivity contribution is -0.128. The van der Waals surface area contributed by atoms with E-state index in [1.807, 2.05) is 29.2 Å². The molecular formula is C19H18FN3O2. The molecule has 4 rings (SSSR count). The molecule has 2 aromatic carbocycles. The number of benzene rings is 2. The van der Waals surface area contributed by atoms with Gasteiger partial charge in [-0.15, -0.1) is 0 Å². The molecule has 5 nitrogen and oxygen atoms in total. The minimum atomic E-state index is -0.370. The van der Waals surface area contributed by atoms with E-state index in [0.717, 1.165) is 24.1 Å². The zero-order valence-corrected chi connectivity index (χ0v) is 13.7. The number of imidazole rings is 1. The van der Waals surface area contributed by atoms with Crippen LogP contribution in [0.5, 0.6) is 0 Å². The summed E-state index contributed by atoms with van der Waals surface area (Å²) in [5.41, 5.74) is 2.93. The van der Waals surface area contributed by atoms with E-state index in [9.17, 15) is 14.0 Å². The molecule has 0 saturated carbocycles. The van der Waals surface area contributed by atoms with Gasteiger partial charge in [-0.3, -0.25) is 9.36 Å². The lowest BCUT2D eigenvalue weighted by Gasteiger charge is -2.15. The smallest absolute Gasteiger partial charge is 0.326 e. The highest BCUT2D eigenvalue weighted by Crippen LogP contribution is 2.17. The number of hydrogen-bond donors (Lipinski definition) is 1. The summed E-state index contributed by atoms with van der Waals surface area (Å²) in [4.78, 5) is 28.4. The Labute approximate surface area is 143 Å². The molecule has 1 aliphatic heterocycles. The van der Waals surface area contributed by atoms with Crippen LogP contribution in [0.2, 0.25) is 0 Å². The lowest BCUT2D eigenvalue weighted by atomic mass is 10.1. The van der Waals surface area contributed by atoms with E-state index in [2.05, 4.69) is 4.98 Å². The normalized spacial score (nSPS) is 14.6. The minimum absolute atomic E-state index is 0.205. The molecule has 6 heteroatoms. The summed E-state index contributed by atoms with van der Waals surface area (Å²) in [5.74, 6) is -0.165. The van der Waals surface area contributed by atoms with Gasteiger partial charge in [0.25, 0.3) is 0 Å². The number of carbonyl (C=O) groups is 1. The number of aromatic amines is 1. The van der Waals surface area contributed by atoms with Crippen molar-refractivity contribution in [3.05, 3.63) is 69.9 Å². The first-order chi connectivity index (χ1) is 12.1. The molecule has 25 heavy (non-hydrogen) atoms. The van der Waals surface area contributed by atoms with Crippen LogP contribution in [0, 0.1) is 5.82 Å². The van der Waals surface area contributed by atoms with Crippen molar-refractivity contribution in [2.75, 3.05) is 6.54 Å². The van der Waals surface area contributed by atoms with Crippen molar-refractivity contribution >= 4 is 16.9 Å². The van der Waals surface area contributed by atoms with E-state index in [0.29, 0.717) is 30.5 Å². The van der Waals surface area contributed by atoms with Gasteiger partial charge in [0.2, 0.25) is 5.91 Å². The van der Waals surface area contributed by atoms with Gasteiger partial charge in [-0.25, -0.2) is 9.18 Å². The quantitative estimate of drug-likeness (QED) is 0.794. The first kappa shape index (κ1) is 15.6. The number of halogens is 1. The van der Waals surface area contributed by atoms with Crippen molar-refractivity contribution < 1.29 is 9.18 Å². The van der Waals surface area contributed by atoms with Crippen LogP contribution in [0.1, 0.15) is 24.0 Å². The average molecular weight is 339 g/mol. The summed E-state index contributed by atoms with van der Waals surface area (Å²) in [6.07, 6.45) is 1.56. The highest BCUT2D eigenvalue weighted by atomic mass is 19.1. The molecule has 0 atom stereocenters. The Morgan fingerprint density at radius 1 is 1.00 bits per heavy atom. The van der Waals surface area contributed by atoms with Gasteiger partial charge < -0.3 is 9.88 Å². The fourth-order valence-electron chi connectivity index (χ4n) is 3.31. The van der Waals surface area contributed by atoms with E-state index in [1.165, 1.54) is 16.7 Å². The van der Waals surface area contributed by atoms with Crippen LogP contribution >= 0.6 is 0 Å². The number of nitrogens with one attached hydrogen (secondary N) is 1. The van der Waals surface area contributed by atoms with Crippen molar-refractivity contribution in [2.24, 2.45) is 0 Å². The molecule has 1 amide bonds. The third kappa shape index (κ3) is 3.07. The Bertz CT molecular complexity index is 988. The van der Waals surface area contributed by atoms with E-state index in [4.69, 9.17) is 0 Å². The first-order valence-electron chi connectivity index (χ1n) is 8.34. The molecule has 128 valence electrons. The number of carbonyl (C=O) groups excluding carboxylic acids is 1. The predicted molar refractivity (Wildman–Crippen MR) is 92.7 cm³/mol. The average Bonchev–Trinajstić information content (AvgIpc) is 3.13. The van der Waals surface area contributed by atoms with Crippen molar-refractivity contribution in [1.82, 2.24) is 14.5 Å². The van der Waals surface area contributed by atoms with Crippen LogP contribution in [0.15, 0.2) is 47.3 Å². The van der Waals surface area contributed by atoms with Crippen molar-refractivity contribution in [3.63, 3.8) is 0 Å². The third-order valence-electron chi connectivity index (χ3n) is 4.65. The van der Waals surface area contributed by atoms with Gasteiger partial charge >= 0.3 is 5.69 Å². The standard InChI is InChI=1S/C19H18FN3O2/c20-15-7-8-16-17(10-15)23(19(25)21-16)12-14-5-3-13(4-6-14)11-22-9-1-2-18(22)24/h3-8,10H,1-2,9,11-12H2,(H,21,25). The second-order valence-corrected chi connectivity index (χ2v) is 6.41. The van der Waals surface area contributed by atoms with Crippen molar-refractivity contribution in [2.45, 2.75) is 25.9 Å². The topological polar surface area (TPSA) is 58.1 Å². The molecule has 1 saturated heterocycles. The summed E-state index contributed by atoms with van der Waals surface area (Å²) in [6.45, 7) is 1.81. The first-order valence-corrected chi connectivity index (χ1v) is 8.34. The summed E-state index contributed by atoms with van der Waals surface area (Å²) in [5, 5.41) is 0. The largest absolute Gasteiger partial charge is 0.338 e. The molecule has 0 spiro atoms. The van der Waals surface area contributed by atoms with Crippen LogP contribution < -0.4 is 5.69 Å². The SMILES string of the molecule is O=C1CCCN1Cc1ccc(Cn2c(=O)[nH]c3ccc(F)cc32)cc1. The van der Waals surface area contributed by atoms with Gasteiger partial charge in [0.05, 0.1) is 17.6 Å². The van der Waals surface area contributed by atoms with E-state index >= 15 is 0 Å². The number of H-pyrrole nitrogens is 1. The molecule has 1 fully saturated rings. The molecule has 0 bridgehead atoms. The van der Waals surface area contributed by atoms with Crippen LogP contribution in [-0.2, 0) is 17.9 Å².